The molecule has 0 fully saturated rings. The van der Waals surface area contributed by atoms with E-state index >= 15 is 0 Å². The van der Waals surface area contributed by atoms with Crippen LogP contribution in [0.15, 0.2) is 18.9 Å². The lowest BCUT2D eigenvalue weighted by molar-refractivity contribution is 0.0946. The number of carbonyl (C=O) groups is 1. The zero-order chi connectivity index (χ0) is 12.7. The van der Waals surface area contributed by atoms with Gasteiger partial charge in [0.15, 0.2) is 0 Å². The van der Waals surface area contributed by atoms with Crippen molar-refractivity contribution >= 4 is 23.4 Å². The number of nitrogens with zero attached hydrogens (tertiary/aromatic N) is 2. The van der Waals surface area contributed by atoms with E-state index in [9.17, 15) is 4.79 Å². The molecule has 94 valence electrons. The Morgan fingerprint density at radius 1 is 1.76 bits per heavy atom. The average Bonchev–Trinajstić information content (AvgIpc) is 2.70. The fourth-order valence-corrected chi connectivity index (χ4v) is 1.95. The quantitative estimate of drug-likeness (QED) is 0.565. The van der Waals surface area contributed by atoms with Gasteiger partial charge in [-0.2, -0.15) is 16.9 Å². The Labute approximate surface area is 105 Å². The van der Waals surface area contributed by atoms with E-state index in [1.807, 2.05) is 13.0 Å². The highest BCUT2D eigenvalue weighted by Gasteiger charge is 2.15. The van der Waals surface area contributed by atoms with Crippen molar-refractivity contribution in [2.45, 2.75) is 13.5 Å². The zero-order valence-electron chi connectivity index (χ0n) is 9.98. The van der Waals surface area contributed by atoms with Gasteiger partial charge < -0.3 is 11.1 Å². The Hall–Kier alpha value is -1.43. The number of nitrogens with two attached hydrogens (primary N) is 1. The van der Waals surface area contributed by atoms with Gasteiger partial charge in [-0.3, -0.25) is 9.48 Å². The SMILES string of the molecule is C=CCSCCNC(=O)c1c(N)cnn1CC. The monoisotopic (exact) mass is 254 g/mol. The van der Waals surface area contributed by atoms with Gasteiger partial charge in [0, 0.05) is 24.6 Å². The standard InChI is InChI=1S/C11H18N4OS/c1-3-6-17-7-5-13-11(16)10-9(12)8-14-15(10)4-2/h3,8H,1,4-7,12H2,2H3,(H,13,16). The van der Waals surface area contributed by atoms with Crippen molar-refractivity contribution in [1.29, 1.82) is 0 Å². The minimum Gasteiger partial charge on any atom is -0.396 e. The summed E-state index contributed by atoms with van der Waals surface area (Å²) in [7, 11) is 0. The molecule has 0 aromatic carbocycles. The van der Waals surface area contributed by atoms with Gasteiger partial charge in [0.1, 0.15) is 5.69 Å². The number of hydrogen-bond donors (Lipinski definition) is 2. The molecule has 0 aliphatic rings. The van der Waals surface area contributed by atoms with Crippen molar-refractivity contribution in [3.05, 3.63) is 24.5 Å². The molecule has 17 heavy (non-hydrogen) atoms. The molecule has 0 unspecified atom stereocenters. The number of thioether (sulfide) groups is 1. The molecule has 6 heteroatoms. The van der Waals surface area contributed by atoms with Gasteiger partial charge >= 0.3 is 0 Å². The summed E-state index contributed by atoms with van der Waals surface area (Å²) >= 11 is 1.72. The summed E-state index contributed by atoms with van der Waals surface area (Å²) < 4.78 is 1.60. The predicted octanol–water partition coefficient (Wildman–Crippen LogP) is 1.13. The van der Waals surface area contributed by atoms with Crippen LogP contribution in [0.3, 0.4) is 0 Å². The Kier molecular flexibility index (Phi) is 5.62. The first-order chi connectivity index (χ1) is 8.20. The van der Waals surface area contributed by atoms with Gasteiger partial charge in [0.25, 0.3) is 5.91 Å². The molecule has 1 aromatic rings. The molecule has 0 saturated carbocycles. The zero-order valence-corrected chi connectivity index (χ0v) is 10.8. The third-order valence-corrected chi connectivity index (χ3v) is 3.11. The van der Waals surface area contributed by atoms with Gasteiger partial charge in [-0.1, -0.05) is 6.08 Å². The summed E-state index contributed by atoms with van der Waals surface area (Å²) in [6, 6.07) is 0. The molecular weight excluding hydrogens is 236 g/mol. The van der Waals surface area contributed by atoms with E-state index < -0.39 is 0 Å². The second-order valence-electron chi connectivity index (χ2n) is 3.38. The van der Waals surface area contributed by atoms with E-state index in [4.69, 9.17) is 5.73 Å². The molecule has 1 amide bonds. The normalized spacial score (nSPS) is 10.2. The van der Waals surface area contributed by atoms with Crippen molar-refractivity contribution in [3.63, 3.8) is 0 Å². The molecule has 0 spiro atoms. The summed E-state index contributed by atoms with van der Waals surface area (Å²) in [6.45, 7) is 6.80. The molecule has 5 nitrogen and oxygen atoms in total. The summed E-state index contributed by atoms with van der Waals surface area (Å²) in [4.78, 5) is 11.9. The van der Waals surface area contributed by atoms with Gasteiger partial charge in [-0.25, -0.2) is 0 Å². The Bertz CT molecular complexity index is 389. The molecule has 1 rings (SSSR count). The molecule has 0 aliphatic carbocycles. The van der Waals surface area contributed by atoms with E-state index in [2.05, 4.69) is 17.0 Å². The van der Waals surface area contributed by atoms with Crippen molar-refractivity contribution in [3.8, 4) is 0 Å². The number of nitrogen functional groups attached to an aromatic ring is 1. The third kappa shape index (κ3) is 3.81. The van der Waals surface area contributed by atoms with Crippen LogP contribution in [0.25, 0.3) is 0 Å². The molecule has 0 radical (unpaired) electrons. The number of anilines is 1. The second-order valence-corrected chi connectivity index (χ2v) is 4.53. The Morgan fingerprint density at radius 3 is 3.18 bits per heavy atom. The molecule has 0 saturated heterocycles. The number of amides is 1. The number of aryl methyl sites for hydroxylation is 1. The Morgan fingerprint density at radius 2 is 2.53 bits per heavy atom. The number of rotatable bonds is 7. The molecule has 0 atom stereocenters. The predicted molar refractivity (Wildman–Crippen MR) is 72.2 cm³/mol. The first-order valence-corrected chi connectivity index (χ1v) is 6.64. The molecule has 1 aromatic heterocycles. The first kappa shape index (κ1) is 13.6. The van der Waals surface area contributed by atoms with Crippen LogP contribution < -0.4 is 11.1 Å². The van der Waals surface area contributed by atoms with Crippen molar-refractivity contribution < 1.29 is 4.79 Å². The van der Waals surface area contributed by atoms with Crippen LogP contribution >= 0.6 is 11.8 Å². The second kappa shape index (κ2) is 7.01. The molecule has 0 aliphatic heterocycles. The largest absolute Gasteiger partial charge is 0.396 e. The van der Waals surface area contributed by atoms with Crippen LogP contribution in [0.2, 0.25) is 0 Å². The lowest BCUT2D eigenvalue weighted by Gasteiger charge is -2.07. The highest BCUT2D eigenvalue weighted by atomic mass is 32.2. The fourth-order valence-electron chi connectivity index (χ4n) is 1.37. The van der Waals surface area contributed by atoms with Crippen LogP contribution in [0.4, 0.5) is 5.69 Å². The average molecular weight is 254 g/mol. The van der Waals surface area contributed by atoms with Gasteiger partial charge in [-0.05, 0) is 6.92 Å². The van der Waals surface area contributed by atoms with E-state index in [1.165, 1.54) is 6.20 Å². The van der Waals surface area contributed by atoms with Crippen molar-refractivity contribution in [1.82, 2.24) is 15.1 Å². The van der Waals surface area contributed by atoms with E-state index in [1.54, 1.807) is 16.4 Å². The highest BCUT2D eigenvalue weighted by molar-refractivity contribution is 7.99. The maximum atomic E-state index is 11.9. The topological polar surface area (TPSA) is 72.9 Å². The highest BCUT2D eigenvalue weighted by Crippen LogP contribution is 2.10. The first-order valence-electron chi connectivity index (χ1n) is 5.48. The van der Waals surface area contributed by atoms with Crippen molar-refractivity contribution in [2.24, 2.45) is 0 Å². The smallest absolute Gasteiger partial charge is 0.271 e. The van der Waals surface area contributed by atoms with E-state index in [-0.39, 0.29) is 5.91 Å². The van der Waals surface area contributed by atoms with Gasteiger partial charge in [0.05, 0.1) is 11.9 Å². The number of carbonyl (C=O) groups excluding carboxylic acids is 1. The number of aromatic nitrogens is 2. The summed E-state index contributed by atoms with van der Waals surface area (Å²) in [6.07, 6.45) is 3.35. The number of nitrogens with one attached hydrogen (secondary N) is 1. The van der Waals surface area contributed by atoms with Gasteiger partial charge in [0.2, 0.25) is 0 Å². The van der Waals surface area contributed by atoms with E-state index in [0.717, 1.165) is 11.5 Å². The number of hydrogen-bond acceptors (Lipinski definition) is 4. The summed E-state index contributed by atoms with van der Waals surface area (Å²) in [5.74, 6) is 1.59. The third-order valence-electron chi connectivity index (χ3n) is 2.15. The molecular formula is C11H18N4OS. The van der Waals surface area contributed by atoms with Crippen molar-refractivity contribution in [2.75, 3.05) is 23.8 Å². The fraction of sp³-hybridized carbons (Fsp3) is 0.455. The van der Waals surface area contributed by atoms with Crippen LogP contribution in [0, 0.1) is 0 Å². The Balaban J connectivity index is 2.46. The summed E-state index contributed by atoms with van der Waals surface area (Å²) in [5, 5.41) is 6.85. The minimum atomic E-state index is -0.166. The molecule has 1 heterocycles. The van der Waals surface area contributed by atoms with Crippen LogP contribution in [-0.2, 0) is 6.54 Å². The lowest BCUT2D eigenvalue weighted by Crippen LogP contribution is -2.28. The minimum absolute atomic E-state index is 0.166. The maximum absolute atomic E-state index is 11.9. The van der Waals surface area contributed by atoms with Gasteiger partial charge in [-0.15, -0.1) is 6.58 Å². The lowest BCUT2D eigenvalue weighted by atomic mass is 10.3. The molecule has 0 bridgehead atoms. The maximum Gasteiger partial charge on any atom is 0.271 e. The van der Waals surface area contributed by atoms with Crippen LogP contribution in [-0.4, -0.2) is 33.7 Å². The van der Waals surface area contributed by atoms with E-state index in [0.29, 0.717) is 24.5 Å². The molecule has 3 N–H and O–H groups in total. The summed E-state index contributed by atoms with van der Waals surface area (Å²) in [5.41, 5.74) is 6.57. The van der Waals surface area contributed by atoms with Crippen LogP contribution in [0.1, 0.15) is 17.4 Å². The van der Waals surface area contributed by atoms with Crippen LogP contribution in [0.5, 0.6) is 0 Å².